The van der Waals surface area contributed by atoms with E-state index in [2.05, 4.69) is 21.3 Å². The van der Waals surface area contributed by atoms with E-state index in [0.29, 0.717) is 93.4 Å². The second-order valence-corrected chi connectivity index (χ2v) is 15.6. The number of alkyl carbamates (subject to hydrolysis) is 1. The number of aliphatic carboxylic acids is 1. The smallest absolute Gasteiger partial charge is 0.408 e. The number of hydrogen-bond acceptors (Lipinski definition) is 14. The number of phenolic OH excluding ortho intramolecular Hbond substituents is 2. The standard InChI is InChI=1S/C44H54N4O15/c1-43(2,3)63-42(57)48-33(40(55)47-26-38(53)54)13-14-36(51)45-15-5-17-58-19-21-60-22-20-59-18-6-16-46-37(52)23-27-7-4-8-30-39(27)44(62-41(30)56)31-11-9-28(49)24-34(31)61-35-25-29(50)10-12-32(35)44/h4,7-12,24-25,33,49-50H,5-6,13-23,26H2,1-3H3,(H,45,51)(H,46,52)(H,47,55)(H,48,57)(H,53,54)/t33-/m0/s1. The van der Waals surface area contributed by atoms with Crippen molar-refractivity contribution in [3.8, 4) is 23.0 Å². The van der Waals surface area contributed by atoms with E-state index in [0.717, 1.165) is 0 Å². The molecule has 0 fully saturated rings. The molecule has 0 radical (unpaired) electrons. The molecule has 0 saturated carbocycles. The molecule has 2 aliphatic rings. The molecule has 0 aliphatic carbocycles. The maximum absolute atomic E-state index is 13.3. The second kappa shape index (κ2) is 22.1. The highest BCUT2D eigenvalue weighted by molar-refractivity contribution is 5.98. The summed E-state index contributed by atoms with van der Waals surface area (Å²) in [5.41, 5.74) is -0.00998. The molecule has 0 saturated heterocycles. The molecule has 1 spiro atoms. The van der Waals surface area contributed by atoms with Gasteiger partial charge in [0.15, 0.2) is 5.60 Å². The van der Waals surface area contributed by atoms with Crippen molar-refractivity contribution in [2.24, 2.45) is 0 Å². The van der Waals surface area contributed by atoms with Crippen molar-refractivity contribution in [2.75, 3.05) is 59.3 Å². The zero-order valence-corrected chi connectivity index (χ0v) is 35.4. The third-order valence-corrected chi connectivity index (χ3v) is 9.63. The van der Waals surface area contributed by atoms with E-state index in [-0.39, 0.29) is 54.1 Å². The Balaban J connectivity index is 0.935. The number of carbonyl (C=O) groups excluding carboxylic acids is 5. The Kier molecular flexibility index (Phi) is 16.7. The van der Waals surface area contributed by atoms with Gasteiger partial charge in [0, 0.05) is 61.5 Å². The predicted molar refractivity (Wildman–Crippen MR) is 222 cm³/mol. The summed E-state index contributed by atoms with van der Waals surface area (Å²) >= 11 is 0. The lowest BCUT2D eigenvalue weighted by Gasteiger charge is -2.37. The molecule has 340 valence electrons. The Hall–Kier alpha value is -6.44. The predicted octanol–water partition coefficient (Wildman–Crippen LogP) is 3.15. The highest BCUT2D eigenvalue weighted by Crippen LogP contribution is 2.57. The van der Waals surface area contributed by atoms with Crippen LogP contribution in [0, 0.1) is 0 Å². The van der Waals surface area contributed by atoms with Crippen molar-refractivity contribution < 1.29 is 72.5 Å². The zero-order chi connectivity index (χ0) is 45.6. The Bertz CT molecular complexity index is 2080. The summed E-state index contributed by atoms with van der Waals surface area (Å²) in [6.45, 7) is 7.04. The molecule has 2 aliphatic heterocycles. The number of ether oxygens (including phenoxy) is 6. The third kappa shape index (κ3) is 13.3. The van der Waals surface area contributed by atoms with Crippen LogP contribution in [0.15, 0.2) is 54.6 Å². The van der Waals surface area contributed by atoms with Crippen molar-refractivity contribution in [3.05, 3.63) is 82.4 Å². The number of fused-ring (bicyclic) bond motifs is 6. The van der Waals surface area contributed by atoms with Gasteiger partial charge in [-0.2, -0.15) is 0 Å². The molecule has 3 aromatic rings. The second-order valence-electron chi connectivity index (χ2n) is 15.6. The molecule has 19 heteroatoms. The fourth-order valence-electron chi connectivity index (χ4n) is 6.94. The molecule has 63 heavy (non-hydrogen) atoms. The molecular weight excluding hydrogens is 824 g/mol. The summed E-state index contributed by atoms with van der Waals surface area (Å²) in [6.07, 6.45) is -0.0362. The number of rotatable bonds is 23. The number of carboxylic acid groups (broad SMARTS) is 1. The lowest BCUT2D eigenvalue weighted by atomic mass is 9.75. The maximum atomic E-state index is 13.3. The van der Waals surface area contributed by atoms with Crippen LogP contribution in [0.25, 0.3) is 0 Å². The molecule has 19 nitrogen and oxygen atoms in total. The first kappa shape index (κ1) is 47.6. The van der Waals surface area contributed by atoms with Crippen LogP contribution in [0.3, 0.4) is 0 Å². The van der Waals surface area contributed by atoms with Gasteiger partial charge in [0.2, 0.25) is 17.7 Å². The molecule has 0 bridgehead atoms. The Morgan fingerprint density at radius 3 is 1.90 bits per heavy atom. The summed E-state index contributed by atoms with van der Waals surface area (Å²) in [5.74, 6) is -2.85. The summed E-state index contributed by atoms with van der Waals surface area (Å²) in [4.78, 5) is 74.3. The van der Waals surface area contributed by atoms with Crippen LogP contribution in [0.4, 0.5) is 4.79 Å². The fourth-order valence-corrected chi connectivity index (χ4v) is 6.94. The van der Waals surface area contributed by atoms with E-state index in [4.69, 9.17) is 33.5 Å². The van der Waals surface area contributed by atoms with Gasteiger partial charge < -0.3 is 65.0 Å². The van der Waals surface area contributed by atoms with E-state index in [1.807, 2.05) is 0 Å². The van der Waals surface area contributed by atoms with Gasteiger partial charge in [0.1, 0.15) is 41.2 Å². The van der Waals surface area contributed by atoms with Crippen molar-refractivity contribution in [2.45, 2.75) is 70.1 Å². The lowest BCUT2D eigenvalue weighted by molar-refractivity contribution is -0.138. The molecule has 7 N–H and O–H groups in total. The van der Waals surface area contributed by atoms with Crippen LogP contribution in [0.1, 0.15) is 79.1 Å². The fraction of sp³-hybridized carbons (Fsp3) is 0.455. The number of benzene rings is 3. The molecule has 0 aromatic heterocycles. The molecule has 1 atom stereocenters. The highest BCUT2D eigenvalue weighted by atomic mass is 16.6. The molecule has 5 rings (SSSR count). The first-order valence-electron chi connectivity index (χ1n) is 20.5. The van der Waals surface area contributed by atoms with E-state index in [1.54, 1.807) is 51.1 Å². The minimum atomic E-state index is -1.48. The number of amides is 4. The first-order chi connectivity index (χ1) is 30.1. The van der Waals surface area contributed by atoms with Crippen molar-refractivity contribution in [1.82, 2.24) is 21.3 Å². The van der Waals surface area contributed by atoms with Gasteiger partial charge in [0.25, 0.3) is 0 Å². The van der Waals surface area contributed by atoms with Crippen LogP contribution >= 0.6 is 0 Å². The number of esters is 1. The largest absolute Gasteiger partial charge is 0.508 e. The van der Waals surface area contributed by atoms with Crippen LogP contribution in [-0.2, 0) is 54.9 Å². The van der Waals surface area contributed by atoms with Crippen LogP contribution in [-0.4, -0.2) is 122 Å². The lowest BCUT2D eigenvalue weighted by Crippen LogP contribution is -2.49. The molecule has 2 heterocycles. The number of phenols is 2. The highest BCUT2D eigenvalue weighted by Gasteiger charge is 2.54. The number of aromatic hydroxyl groups is 2. The number of hydrogen-bond donors (Lipinski definition) is 7. The molecule has 0 unspecified atom stereocenters. The van der Waals surface area contributed by atoms with Gasteiger partial charge in [-0.15, -0.1) is 0 Å². The summed E-state index contributed by atoms with van der Waals surface area (Å²) in [5, 5.41) is 39.5. The van der Waals surface area contributed by atoms with Gasteiger partial charge in [-0.25, -0.2) is 9.59 Å². The normalized spacial score (nSPS) is 13.7. The van der Waals surface area contributed by atoms with Crippen molar-refractivity contribution in [3.63, 3.8) is 0 Å². The monoisotopic (exact) mass is 878 g/mol. The van der Waals surface area contributed by atoms with E-state index in [1.165, 1.54) is 24.3 Å². The molecule has 4 amide bonds. The number of carbonyl (C=O) groups is 6. The zero-order valence-electron chi connectivity index (χ0n) is 35.4. The Morgan fingerprint density at radius 2 is 1.33 bits per heavy atom. The van der Waals surface area contributed by atoms with Crippen LogP contribution in [0.2, 0.25) is 0 Å². The van der Waals surface area contributed by atoms with Crippen molar-refractivity contribution in [1.29, 1.82) is 0 Å². The summed E-state index contributed by atoms with van der Waals surface area (Å²) < 4.78 is 34.0. The van der Waals surface area contributed by atoms with Gasteiger partial charge in [-0.1, -0.05) is 12.1 Å². The van der Waals surface area contributed by atoms with E-state index < -0.39 is 47.7 Å². The first-order valence-corrected chi connectivity index (χ1v) is 20.5. The quantitative estimate of drug-likeness (QED) is 0.0533. The number of nitrogens with one attached hydrogen (secondary N) is 4. The van der Waals surface area contributed by atoms with Crippen LogP contribution in [0.5, 0.6) is 23.0 Å². The topological polar surface area (TPSA) is 267 Å². The van der Waals surface area contributed by atoms with Crippen LogP contribution < -0.4 is 26.0 Å². The SMILES string of the molecule is CC(C)(C)OC(=O)N[C@@H](CCC(=O)NCCCOCCOCCOCCCNC(=O)Cc1cccc2c1C1(OC2=O)c2ccc(O)cc2Oc2cc(O)ccc21)C(=O)NCC(=O)O. The van der Waals surface area contributed by atoms with Gasteiger partial charge >= 0.3 is 18.0 Å². The van der Waals surface area contributed by atoms with Crippen molar-refractivity contribution >= 4 is 35.8 Å². The Labute approximate surface area is 363 Å². The Morgan fingerprint density at radius 1 is 0.762 bits per heavy atom. The average Bonchev–Trinajstić information content (AvgIpc) is 3.51. The van der Waals surface area contributed by atoms with Gasteiger partial charge in [0.05, 0.1) is 38.4 Å². The average molecular weight is 879 g/mol. The van der Waals surface area contributed by atoms with E-state index in [9.17, 15) is 39.0 Å². The summed E-state index contributed by atoms with van der Waals surface area (Å²) in [7, 11) is 0. The molecular formula is C44H54N4O15. The van der Waals surface area contributed by atoms with E-state index >= 15 is 0 Å². The van der Waals surface area contributed by atoms with Gasteiger partial charge in [-0.3, -0.25) is 19.2 Å². The summed E-state index contributed by atoms with van der Waals surface area (Å²) in [6, 6.07) is 12.9. The number of carboxylic acids is 1. The van der Waals surface area contributed by atoms with Gasteiger partial charge in [-0.05, 0) is 75.9 Å². The minimum Gasteiger partial charge on any atom is -0.508 e. The molecule has 3 aromatic carbocycles. The maximum Gasteiger partial charge on any atom is 0.408 e. The third-order valence-electron chi connectivity index (χ3n) is 9.63. The minimum absolute atomic E-state index is 0.0498.